The van der Waals surface area contributed by atoms with E-state index in [1.165, 1.54) is 50.7 Å². The van der Waals surface area contributed by atoms with E-state index in [-0.39, 0.29) is 10.6 Å². The van der Waals surface area contributed by atoms with Crippen LogP contribution in [0, 0.1) is 0 Å². The first kappa shape index (κ1) is 19.6. The number of nitrogens with one attached hydrogen (secondary N) is 1. The molecule has 6 nitrogen and oxygen atoms in total. The van der Waals surface area contributed by atoms with Gasteiger partial charge in [0.2, 0.25) is 10.0 Å². The summed E-state index contributed by atoms with van der Waals surface area (Å²) in [6.45, 7) is 0. The molecule has 0 unspecified atom stereocenters. The molecule has 1 N–H and O–H groups in total. The number of ether oxygens (including phenoxy) is 1. The van der Waals surface area contributed by atoms with Crippen molar-refractivity contribution in [2.24, 2.45) is 0 Å². The summed E-state index contributed by atoms with van der Waals surface area (Å²) in [6, 6.07) is 11.7. The number of fused-ring (bicyclic) bond motifs is 1. The van der Waals surface area contributed by atoms with E-state index >= 15 is 0 Å². The predicted molar refractivity (Wildman–Crippen MR) is 109 cm³/mol. The average Bonchev–Trinajstić information content (AvgIpc) is 2.98. The zero-order valence-corrected chi connectivity index (χ0v) is 17.2. The quantitative estimate of drug-likeness (QED) is 0.670. The number of carbonyl (C=O) groups is 1. The molecule has 0 aliphatic carbocycles. The molecular formula is C18H17ClN2O4S2. The molecule has 1 aromatic heterocycles. The van der Waals surface area contributed by atoms with Gasteiger partial charge < -0.3 is 10.1 Å². The molecule has 0 radical (unpaired) electrons. The van der Waals surface area contributed by atoms with Crippen molar-refractivity contribution in [3.8, 4) is 5.75 Å². The molecule has 0 saturated carbocycles. The average molecular weight is 425 g/mol. The number of benzene rings is 2. The van der Waals surface area contributed by atoms with Crippen molar-refractivity contribution in [2.75, 3.05) is 26.5 Å². The molecule has 0 saturated heterocycles. The van der Waals surface area contributed by atoms with E-state index in [1.54, 1.807) is 0 Å². The van der Waals surface area contributed by atoms with Crippen LogP contribution in [0.1, 0.15) is 9.67 Å². The van der Waals surface area contributed by atoms with Gasteiger partial charge in [-0.2, -0.15) is 0 Å². The van der Waals surface area contributed by atoms with Crippen LogP contribution in [-0.4, -0.2) is 39.8 Å². The summed E-state index contributed by atoms with van der Waals surface area (Å²) in [5.74, 6) is -0.0859. The molecule has 1 amide bonds. The third-order valence-electron chi connectivity index (χ3n) is 3.94. The maximum absolute atomic E-state index is 12.8. The van der Waals surface area contributed by atoms with Crippen molar-refractivity contribution in [3.05, 3.63) is 52.4 Å². The van der Waals surface area contributed by atoms with Gasteiger partial charge in [-0.05, 0) is 24.3 Å². The van der Waals surface area contributed by atoms with Gasteiger partial charge in [-0.15, -0.1) is 11.3 Å². The molecule has 3 aromatic rings. The molecule has 3 rings (SSSR count). The highest BCUT2D eigenvalue weighted by atomic mass is 35.5. The Morgan fingerprint density at radius 3 is 2.52 bits per heavy atom. The molecule has 0 aliphatic heterocycles. The Kier molecular flexibility index (Phi) is 5.43. The lowest BCUT2D eigenvalue weighted by atomic mass is 10.2. The van der Waals surface area contributed by atoms with E-state index in [2.05, 4.69) is 5.32 Å². The van der Waals surface area contributed by atoms with Gasteiger partial charge in [0.15, 0.2) is 0 Å². The van der Waals surface area contributed by atoms with Gasteiger partial charge in [0.25, 0.3) is 5.91 Å². The summed E-state index contributed by atoms with van der Waals surface area (Å²) in [7, 11) is 0.670. The molecule has 0 fully saturated rings. The summed E-state index contributed by atoms with van der Waals surface area (Å²) in [4.78, 5) is 13.2. The number of hydrogen-bond acceptors (Lipinski definition) is 5. The van der Waals surface area contributed by atoms with E-state index < -0.39 is 15.9 Å². The number of amides is 1. The van der Waals surface area contributed by atoms with Crippen LogP contribution in [-0.2, 0) is 10.0 Å². The number of carbonyl (C=O) groups excluding carboxylic acids is 1. The monoisotopic (exact) mass is 424 g/mol. The van der Waals surface area contributed by atoms with E-state index in [1.807, 2.05) is 24.3 Å². The second-order valence-corrected chi connectivity index (χ2v) is 9.43. The Morgan fingerprint density at radius 2 is 1.89 bits per heavy atom. The molecular weight excluding hydrogens is 408 g/mol. The van der Waals surface area contributed by atoms with Gasteiger partial charge in [-0.1, -0.05) is 29.8 Å². The molecule has 0 atom stereocenters. The fourth-order valence-electron chi connectivity index (χ4n) is 2.50. The molecule has 0 aliphatic rings. The van der Waals surface area contributed by atoms with Gasteiger partial charge in [0.05, 0.1) is 22.7 Å². The van der Waals surface area contributed by atoms with Crippen LogP contribution in [0.2, 0.25) is 5.02 Å². The van der Waals surface area contributed by atoms with Gasteiger partial charge in [0.1, 0.15) is 10.6 Å². The Bertz CT molecular complexity index is 1120. The lowest BCUT2D eigenvalue weighted by molar-refractivity contribution is 0.103. The molecule has 1 heterocycles. The van der Waals surface area contributed by atoms with Crippen molar-refractivity contribution in [2.45, 2.75) is 4.90 Å². The van der Waals surface area contributed by atoms with Crippen molar-refractivity contribution in [3.63, 3.8) is 0 Å². The van der Waals surface area contributed by atoms with E-state index in [4.69, 9.17) is 16.3 Å². The van der Waals surface area contributed by atoms with Crippen LogP contribution in [0.4, 0.5) is 5.69 Å². The second kappa shape index (κ2) is 7.47. The maximum Gasteiger partial charge on any atom is 0.267 e. The number of halogens is 1. The molecule has 9 heteroatoms. The summed E-state index contributed by atoms with van der Waals surface area (Å²) in [5.41, 5.74) is 0.249. The normalized spacial score (nSPS) is 11.7. The largest absolute Gasteiger partial charge is 0.495 e. The molecule has 27 heavy (non-hydrogen) atoms. The van der Waals surface area contributed by atoms with Crippen LogP contribution in [0.25, 0.3) is 10.1 Å². The number of anilines is 1. The predicted octanol–water partition coefficient (Wildman–Crippen LogP) is 4.07. The summed E-state index contributed by atoms with van der Waals surface area (Å²) in [5, 5.41) is 3.87. The first-order chi connectivity index (χ1) is 12.8. The van der Waals surface area contributed by atoms with E-state index in [0.717, 1.165) is 14.4 Å². The number of rotatable bonds is 5. The zero-order valence-electron chi connectivity index (χ0n) is 14.8. The minimum atomic E-state index is -3.65. The standard InChI is InChI=1S/C18H17ClN2O4S2/c1-21(2)27(23,24)11-8-9-14(25-3)13(10-11)20-18(22)17-16(19)12-6-4-5-7-15(12)26-17/h4-10H,1-3H3,(H,20,22). The fraction of sp³-hybridized carbons (Fsp3) is 0.167. The lowest BCUT2D eigenvalue weighted by Crippen LogP contribution is -2.22. The molecule has 142 valence electrons. The van der Waals surface area contributed by atoms with Crippen LogP contribution < -0.4 is 10.1 Å². The van der Waals surface area contributed by atoms with Crippen molar-refractivity contribution in [1.82, 2.24) is 4.31 Å². The van der Waals surface area contributed by atoms with Gasteiger partial charge in [0, 0.05) is 24.2 Å². The van der Waals surface area contributed by atoms with E-state index in [9.17, 15) is 13.2 Å². The van der Waals surface area contributed by atoms with Crippen LogP contribution in [0.5, 0.6) is 5.75 Å². The van der Waals surface area contributed by atoms with Gasteiger partial charge in [-0.3, -0.25) is 4.79 Å². The Hall–Kier alpha value is -2.13. The fourth-order valence-corrected chi connectivity index (χ4v) is 4.84. The molecule has 0 bridgehead atoms. The number of hydrogen-bond donors (Lipinski definition) is 1. The Morgan fingerprint density at radius 1 is 1.19 bits per heavy atom. The SMILES string of the molecule is COc1ccc(S(=O)(=O)N(C)C)cc1NC(=O)c1sc2ccccc2c1Cl. The van der Waals surface area contributed by atoms with Crippen molar-refractivity contribution in [1.29, 1.82) is 0 Å². The zero-order chi connectivity index (χ0) is 19.8. The van der Waals surface area contributed by atoms with E-state index in [0.29, 0.717) is 15.6 Å². The smallest absolute Gasteiger partial charge is 0.267 e. The van der Waals surface area contributed by atoms with Crippen LogP contribution in [0.15, 0.2) is 47.4 Å². The van der Waals surface area contributed by atoms with Gasteiger partial charge >= 0.3 is 0 Å². The Balaban J connectivity index is 2.00. The van der Waals surface area contributed by atoms with Gasteiger partial charge in [-0.25, -0.2) is 12.7 Å². The highest BCUT2D eigenvalue weighted by Crippen LogP contribution is 2.36. The first-order valence-corrected chi connectivity index (χ1v) is 10.5. The highest BCUT2D eigenvalue weighted by molar-refractivity contribution is 7.89. The molecule has 2 aromatic carbocycles. The maximum atomic E-state index is 12.8. The summed E-state index contributed by atoms with van der Waals surface area (Å²) in [6.07, 6.45) is 0. The van der Waals surface area contributed by atoms with Crippen LogP contribution >= 0.6 is 22.9 Å². The van der Waals surface area contributed by atoms with Crippen LogP contribution in [0.3, 0.4) is 0 Å². The topological polar surface area (TPSA) is 75.7 Å². The second-order valence-electron chi connectivity index (χ2n) is 5.84. The lowest BCUT2D eigenvalue weighted by Gasteiger charge is -2.15. The van der Waals surface area contributed by atoms with Crippen molar-refractivity contribution < 1.29 is 17.9 Å². The Labute approximate surface area is 166 Å². The minimum absolute atomic E-state index is 0.0473. The summed E-state index contributed by atoms with van der Waals surface area (Å²) >= 11 is 7.62. The minimum Gasteiger partial charge on any atom is -0.495 e. The number of sulfonamides is 1. The third-order valence-corrected chi connectivity index (χ3v) is 7.42. The third kappa shape index (κ3) is 3.66. The first-order valence-electron chi connectivity index (χ1n) is 7.84. The highest BCUT2D eigenvalue weighted by Gasteiger charge is 2.22. The van der Waals surface area contributed by atoms with Crippen molar-refractivity contribution >= 4 is 54.6 Å². The number of thiophene rings is 1. The molecule has 0 spiro atoms. The number of nitrogens with zero attached hydrogens (tertiary/aromatic N) is 1. The summed E-state index contributed by atoms with van der Waals surface area (Å²) < 4.78 is 32.0. The number of methoxy groups -OCH3 is 1.